The van der Waals surface area contributed by atoms with Crippen LogP contribution in [-0.4, -0.2) is 36.7 Å². The van der Waals surface area contributed by atoms with Gasteiger partial charge in [0.1, 0.15) is 0 Å². The molecule has 0 spiro atoms. The first-order valence-corrected chi connectivity index (χ1v) is 7.26. The monoisotopic (exact) mass is 303 g/mol. The van der Waals surface area contributed by atoms with Crippen LogP contribution in [-0.2, 0) is 15.8 Å². The normalized spacial score (nSPS) is 17.9. The van der Waals surface area contributed by atoms with Gasteiger partial charge < -0.3 is 9.29 Å². The number of hydrogen-bond acceptors (Lipinski definition) is 5. The number of fused-ring (bicyclic) bond motifs is 1. The Bertz CT molecular complexity index is 640. The van der Waals surface area contributed by atoms with E-state index in [1.165, 1.54) is 6.20 Å². The van der Waals surface area contributed by atoms with Gasteiger partial charge in [-0.25, -0.2) is 9.67 Å². The van der Waals surface area contributed by atoms with E-state index in [9.17, 15) is 8.76 Å². The van der Waals surface area contributed by atoms with E-state index in [1.54, 1.807) is 6.07 Å². The Morgan fingerprint density at radius 2 is 2.15 bits per heavy atom. The summed E-state index contributed by atoms with van der Waals surface area (Å²) in [6.07, 6.45) is 3.20. The molecular formula is C12H14N3NaO3S. The van der Waals surface area contributed by atoms with Gasteiger partial charge in [-0.2, -0.15) is 5.10 Å². The van der Waals surface area contributed by atoms with Gasteiger partial charge in [0, 0.05) is 29.7 Å². The molecule has 2 aromatic rings. The van der Waals surface area contributed by atoms with E-state index in [0.717, 1.165) is 42.8 Å². The minimum atomic E-state index is -2.26. The van der Waals surface area contributed by atoms with Crippen LogP contribution in [0, 0.1) is 6.92 Å². The second-order valence-corrected chi connectivity index (χ2v) is 5.59. The van der Waals surface area contributed by atoms with Gasteiger partial charge in [0.2, 0.25) is 0 Å². The Morgan fingerprint density at radius 3 is 2.80 bits per heavy atom. The predicted molar refractivity (Wildman–Crippen MR) is 68.5 cm³/mol. The van der Waals surface area contributed by atoms with E-state index in [4.69, 9.17) is 4.74 Å². The van der Waals surface area contributed by atoms with Crippen molar-refractivity contribution in [3.8, 4) is 0 Å². The molecular weight excluding hydrogens is 289 g/mol. The number of hydrogen-bond donors (Lipinski definition) is 0. The smallest absolute Gasteiger partial charge is 0.768 e. The third-order valence-corrected chi connectivity index (χ3v) is 4.04. The molecule has 102 valence electrons. The summed E-state index contributed by atoms with van der Waals surface area (Å²) in [4.78, 5) is 4.46. The molecule has 1 unspecified atom stereocenters. The zero-order valence-electron chi connectivity index (χ0n) is 11.5. The van der Waals surface area contributed by atoms with Crippen LogP contribution >= 0.6 is 0 Å². The summed E-state index contributed by atoms with van der Waals surface area (Å²) in [7, 11) is 0. The number of aromatic nitrogens is 3. The molecule has 1 aliphatic heterocycles. The molecule has 3 heterocycles. The second kappa shape index (κ2) is 6.64. The molecule has 0 saturated carbocycles. The second-order valence-electron chi connectivity index (χ2n) is 4.65. The quantitative estimate of drug-likeness (QED) is 0.490. The fourth-order valence-corrected chi connectivity index (χ4v) is 2.78. The summed E-state index contributed by atoms with van der Waals surface area (Å²) in [6.45, 7) is 3.33. The summed E-state index contributed by atoms with van der Waals surface area (Å²) in [5.74, 6) is 0. The summed E-state index contributed by atoms with van der Waals surface area (Å²) in [5, 5.41) is 5.31. The van der Waals surface area contributed by atoms with Gasteiger partial charge in [-0.1, -0.05) is 0 Å². The average Bonchev–Trinajstić information content (AvgIpc) is 2.77. The Kier molecular flexibility index (Phi) is 5.33. The molecule has 3 rings (SSSR count). The summed E-state index contributed by atoms with van der Waals surface area (Å²) >= 11 is -2.26. The molecule has 1 atom stereocenters. The first-order valence-electron chi connectivity index (χ1n) is 6.18. The minimum absolute atomic E-state index is 0. The number of rotatable bonds is 2. The van der Waals surface area contributed by atoms with Crippen molar-refractivity contribution in [2.45, 2.75) is 30.7 Å². The van der Waals surface area contributed by atoms with Crippen LogP contribution in [0.5, 0.6) is 0 Å². The summed E-state index contributed by atoms with van der Waals surface area (Å²) < 4.78 is 29.2. The number of nitrogens with zero attached hydrogens (tertiary/aromatic N) is 3. The molecule has 0 bridgehead atoms. The maximum atomic E-state index is 11.0. The van der Waals surface area contributed by atoms with Gasteiger partial charge in [0.05, 0.1) is 11.7 Å². The topological polar surface area (TPSA) is 80.1 Å². The van der Waals surface area contributed by atoms with E-state index >= 15 is 0 Å². The summed E-state index contributed by atoms with van der Waals surface area (Å²) in [6, 6.07) is 1.91. The van der Waals surface area contributed by atoms with Crippen molar-refractivity contribution in [3.63, 3.8) is 0 Å². The van der Waals surface area contributed by atoms with Gasteiger partial charge in [0.15, 0.2) is 5.65 Å². The molecule has 1 saturated heterocycles. The van der Waals surface area contributed by atoms with Crippen molar-refractivity contribution in [3.05, 3.63) is 18.0 Å². The van der Waals surface area contributed by atoms with Crippen molar-refractivity contribution in [2.75, 3.05) is 13.2 Å². The molecule has 1 aliphatic rings. The number of ether oxygens (including phenoxy) is 1. The van der Waals surface area contributed by atoms with Crippen LogP contribution in [0.1, 0.15) is 24.6 Å². The summed E-state index contributed by atoms with van der Waals surface area (Å²) in [5.41, 5.74) is 1.56. The molecule has 8 heteroatoms. The Labute approximate surface area is 141 Å². The van der Waals surface area contributed by atoms with Crippen LogP contribution in [0.15, 0.2) is 17.2 Å². The third kappa shape index (κ3) is 2.98. The maximum absolute atomic E-state index is 11.0. The standard InChI is InChI=1S/C12H15N3O3S.Na/c1-8-11-6-10(19(16)17)7-13-12(11)15(14-8)9-2-4-18-5-3-9;/h6-7,9H,2-5H2,1H3,(H,16,17);/q;+1/p-1. The first-order chi connectivity index (χ1) is 9.16. The molecule has 0 amide bonds. The Morgan fingerprint density at radius 1 is 1.45 bits per heavy atom. The average molecular weight is 303 g/mol. The Balaban J connectivity index is 0.00000147. The van der Waals surface area contributed by atoms with Gasteiger partial charge in [0.25, 0.3) is 0 Å². The third-order valence-electron chi connectivity index (χ3n) is 3.44. The molecule has 6 nitrogen and oxygen atoms in total. The zero-order chi connectivity index (χ0) is 13.4. The van der Waals surface area contributed by atoms with E-state index in [1.807, 2.05) is 11.6 Å². The van der Waals surface area contributed by atoms with Gasteiger partial charge in [-0.3, -0.25) is 4.21 Å². The van der Waals surface area contributed by atoms with Crippen LogP contribution in [0.2, 0.25) is 0 Å². The molecule has 2 aromatic heterocycles. The Hall–Kier alpha value is -0.310. The SMILES string of the molecule is Cc1nn(C2CCOCC2)c2ncc(S(=O)[O-])cc12.[Na+]. The number of aryl methyl sites for hydroxylation is 1. The van der Waals surface area contributed by atoms with Crippen LogP contribution in [0.4, 0.5) is 0 Å². The fourth-order valence-electron chi connectivity index (χ4n) is 2.43. The zero-order valence-corrected chi connectivity index (χ0v) is 14.4. The fraction of sp³-hybridized carbons (Fsp3) is 0.500. The van der Waals surface area contributed by atoms with E-state index in [2.05, 4.69) is 10.1 Å². The largest absolute Gasteiger partial charge is 1.00 e. The van der Waals surface area contributed by atoms with Gasteiger partial charge in [-0.15, -0.1) is 0 Å². The van der Waals surface area contributed by atoms with Crippen LogP contribution in [0.3, 0.4) is 0 Å². The van der Waals surface area contributed by atoms with Crippen LogP contribution < -0.4 is 29.6 Å². The molecule has 0 aromatic carbocycles. The predicted octanol–water partition coefficient (Wildman–Crippen LogP) is -1.67. The van der Waals surface area contributed by atoms with Crippen molar-refractivity contribution in [1.29, 1.82) is 0 Å². The number of pyridine rings is 1. The van der Waals surface area contributed by atoms with Crippen molar-refractivity contribution >= 4 is 22.1 Å². The molecule has 0 aliphatic carbocycles. The van der Waals surface area contributed by atoms with Gasteiger partial charge in [-0.05, 0) is 36.9 Å². The van der Waals surface area contributed by atoms with Crippen molar-refractivity contribution in [2.24, 2.45) is 0 Å². The first kappa shape index (κ1) is 16.1. The minimum Gasteiger partial charge on any atom is -0.768 e. The van der Waals surface area contributed by atoms with Crippen molar-refractivity contribution in [1.82, 2.24) is 14.8 Å². The van der Waals surface area contributed by atoms with Crippen LogP contribution in [0.25, 0.3) is 11.0 Å². The van der Waals surface area contributed by atoms with E-state index < -0.39 is 11.1 Å². The maximum Gasteiger partial charge on any atom is 1.00 e. The van der Waals surface area contributed by atoms with E-state index in [0.29, 0.717) is 0 Å². The van der Waals surface area contributed by atoms with Gasteiger partial charge >= 0.3 is 29.6 Å². The van der Waals surface area contributed by atoms with Crippen molar-refractivity contribution < 1.29 is 43.1 Å². The molecule has 1 fully saturated rings. The molecule has 20 heavy (non-hydrogen) atoms. The molecule has 0 N–H and O–H groups in total. The molecule has 0 radical (unpaired) electrons. The van der Waals surface area contributed by atoms with E-state index in [-0.39, 0.29) is 40.5 Å².